The van der Waals surface area contributed by atoms with Gasteiger partial charge in [0.15, 0.2) is 8.32 Å². The van der Waals surface area contributed by atoms with Crippen molar-refractivity contribution in [2.75, 3.05) is 19.7 Å². The molecular weight excluding hydrogens is 312 g/mol. The highest BCUT2D eigenvalue weighted by molar-refractivity contribution is 6.69. The molecule has 0 aromatic heterocycles. The standard InChI is InChI=1S/C6H17NO2Si.C5H15NOSi.2C2H6/c1-3-9-10(2,8)6-4-5-7;1-8(2,7)5-3-4-6;2*1-2/h8H,3-7H2,1-2H3;7H,3-6H2,1-2H3;2*1-2H3. The van der Waals surface area contributed by atoms with Crippen molar-refractivity contribution in [2.45, 2.75) is 79.2 Å². The summed E-state index contributed by atoms with van der Waals surface area (Å²) in [6.07, 6.45) is 1.83. The van der Waals surface area contributed by atoms with Crippen molar-refractivity contribution in [3.63, 3.8) is 0 Å². The Kier molecular flexibility index (Phi) is 29.1. The molecule has 5 nitrogen and oxygen atoms in total. The van der Waals surface area contributed by atoms with Crippen LogP contribution >= 0.6 is 0 Å². The van der Waals surface area contributed by atoms with E-state index in [9.17, 15) is 9.59 Å². The first-order chi connectivity index (χ1) is 10.2. The predicted octanol–water partition coefficient (Wildman–Crippen LogP) is 3.02. The molecular formula is C15H44N2O3Si2. The van der Waals surface area contributed by atoms with E-state index in [0.29, 0.717) is 19.7 Å². The minimum absolute atomic E-state index is 0.601. The SMILES string of the molecule is CC.CC.CCO[Si](C)(O)CCCN.C[Si](C)(O)CCCN. The molecule has 7 heteroatoms. The van der Waals surface area contributed by atoms with Crippen molar-refractivity contribution in [3.05, 3.63) is 0 Å². The molecule has 140 valence electrons. The Hall–Kier alpha value is 0.234. The third-order valence-corrected chi connectivity index (χ3v) is 6.06. The Morgan fingerprint density at radius 1 is 0.818 bits per heavy atom. The molecule has 0 rings (SSSR count). The van der Waals surface area contributed by atoms with Crippen molar-refractivity contribution in [3.8, 4) is 0 Å². The van der Waals surface area contributed by atoms with E-state index in [1.54, 1.807) is 6.55 Å². The second kappa shape index (κ2) is 21.2. The number of hydrogen-bond donors (Lipinski definition) is 4. The van der Waals surface area contributed by atoms with Crippen LogP contribution in [0.15, 0.2) is 0 Å². The molecule has 0 spiro atoms. The Balaban J connectivity index is -0.000000121. The van der Waals surface area contributed by atoms with E-state index in [1.165, 1.54) is 0 Å². The van der Waals surface area contributed by atoms with Gasteiger partial charge in [0.1, 0.15) is 0 Å². The van der Waals surface area contributed by atoms with Gasteiger partial charge in [0.2, 0.25) is 0 Å². The van der Waals surface area contributed by atoms with E-state index in [0.717, 1.165) is 24.9 Å². The van der Waals surface area contributed by atoms with Crippen LogP contribution < -0.4 is 11.5 Å². The quantitative estimate of drug-likeness (QED) is 0.501. The molecule has 0 bridgehead atoms. The van der Waals surface area contributed by atoms with Crippen molar-refractivity contribution in [2.24, 2.45) is 11.5 Å². The summed E-state index contributed by atoms with van der Waals surface area (Å²) < 4.78 is 5.17. The smallest absolute Gasteiger partial charge is 0.332 e. The third kappa shape index (κ3) is 36.9. The summed E-state index contributed by atoms with van der Waals surface area (Å²) in [5, 5.41) is 0. The maximum Gasteiger partial charge on any atom is 0.332 e. The van der Waals surface area contributed by atoms with Crippen LogP contribution in [0.5, 0.6) is 0 Å². The van der Waals surface area contributed by atoms with E-state index in [2.05, 4.69) is 0 Å². The molecule has 0 saturated heterocycles. The predicted molar refractivity (Wildman–Crippen MR) is 105 cm³/mol. The maximum absolute atomic E-state index is 9.51. The first-order valence-electron chi connectivity index (χ1n) is 8.67. The van der Waals surface area contributed by atoms with Crippen LogP contribution in [0.2, 0.25) is 31.7 Å². The average molecular weight is 357 g/mol. The molecule has 0 aromatic carbocycles. The van der Waals surface area contributed by atoms with Crippen molar-refractivity contribution in [1.29, 1.82) is 0 Å². The molecule has 0 aromatic rings. The van der Waals surface area contributed by atoms with E-state index in [4.69, 9.17) is 15.9 Å². The van der Waals surface area contributed by atoms with Gasteiger partial charge in [-0.25, -0.2) is 0 Å². The van der Waals surface area contributed by atoms with Crippen molar-refractivity contribution < 1.29 is 14.0 Å². The Bertz CT molecular complexity index is 190. The van der Waals surface area contributed by atoms with E-state index >= 15 is 0 Å². The summed E-state index contributed by atoms with van der Waals surface area (Å²) in [6, 6.07) is 1.68. The molecule has 1 unspecified atom stereocenters. The average Bonchev–Trinajstić information content (AvgIpc) is 2.47. The monoisotopic (exact) mass is 356 g/mol. The zero-order chi connectivity index (χ0) is 18.7. The van der Waals surface area contributed by atoms with Crippen LogP contribution in [0.4, 0.5) is 0 Å². The van der Waals surface area contributed by atoms with Gasteiger partial charge < -0.3 is 25.5 Å². The van der Waals surface area contributed by atoms with Crippen molar-refractivity contribution in [1.82, 2.24) is 0 Å². The Morgan fingerprint density at radius 2 is 1.18 bits per heavy atom. The number of rotatable bonds is 8. The van der Waals surface area contributed by atoms with E-state index < -0.39 is 16.9 Å². The summed E-state index contributed by atoms with van der Waals surface area (Å²) in [7, 11) is -4.06. The Morgan fingerprint density at radius 3 is 1.41 bits per heavy atom. The van der Waals surface area contributed by atoms with Crippen LogP contribution in [-0.2, 0) is 4.43 Å². The normalized spacial score (nSPS) is 12.5. The summed E-state index contributed by atoms with van der Waals surface area (Å²) in [5.41, 5.74) is 10.5. The second-order valence-corrected chi connectivity index (χ2v) is 12.5. The van der Waals surface area contributed by atoms with Crippen molar-refractivity contribution >= 4 is 16.9 Å². The molecule has 0 aliphatic carbocycles. The second-order valence-electron chi connectivity index (χ2n) is 5.20. The fourth-order valence-electron chi connectivity index (χ4n) is 1.35. The lowest BCUT2D eigenvalue weighted by atomic mass is 10.5. The highest BCUT2D eigenvalue weighted by Crippen LogP contribution is 2.08. The molecule has 0 aliphatic heterocycles. The molecule has 1 atom stereocenters. The first kappa shape index (κ1) is 30.2. The fourth-order valence-corrected chi connectivity index (χ4v) is 4.04. The van der Waals surface area contributed by atoms with Crippen LogP contribution in [-0.4, -0.2) is 46.2 Å². The summed E-state index contributed by atoms with van der Waals surface area (Å²) in [4.78, 5) is 18.7. The summed E-state index contributed by atoms with van der Waals surface area (Å²) in [6.45, 7) is 17.5. The van der Waals surface area contributed by atoms with Gasteiger partial charge in [-0.3, -0.25) is 0 Å². The molecule has 0 saturated carbocycles. The van der Waals surface area contributed by atoms with Gasteiger partial charge in [0, 0.05) is 6.61 Å². The van der Waals surface area contributed by atoms with Gasteiger partial charge in [0.05, 0.1) is 0 Å². The third-order valence-electron chi connectivity index (χ3n) is 2.29. The largest absolute Gasteiger partial charge is 0.432 e. The lowest BCUT2D eigenvalue weighted by Crippen LogP contribution is -2.34. The van der Waals surface area contributed by atoms with E-state index in [-0.39, 0.29) is 0 Å². The molecule has 0 fully saturated rings. The molecule has 22 heavy (non-hydrogen) atoms. The van der Waals surface area contributed by atoms with Crippen LogP contribution in [0.25, 0.3) is 0 Å². The molecule has 0 heterocycles. The summed E-state index contributed by atoms with van der Waals surface area (Å²) in [5.74, 6) is 0. The van der Waals surface area contributed by atoms with Gasteiger partial charge in [-0.2, -0.15) is 0 Å². The lowest BCUT2D eigenvalue weighted by Gasteiger charge is -2.18. The highest BCUT2D eigenvalue weighted by Gasteiger charge is 2.24. The number of hydrogen-bond acceptors (Lipinski definition) is 5. The first-order valence-corrected chi connectivity index (χ1v) is 14.4. The fraction of sp³-hybridized carbons (Fsp3) is 1.00. The van der Waals surface area contributed by atoms with Crippen LogP contribution in [0.3, 0.4) is 0 Å². The molecule has 0 amide bonds. The molecule has 0 radical (unpaired) electrons. The van der Waals surface area contributed by atoms with Gasteiger partial charge in [-0.05, 0) is 64.6 Å². The zero-order valence-electron chi connectivity index (χ0n) is 16.4. The van der Waals surface area contributed by atoms with Crippen LogP contribution in [0.1, 0.15) is 47.5 Å². The van der Waals surface area contributed by atoms with Gasteiger partial charge >= 0.3 is 8.56 Å². The minimum atomic E-state index is -2.30. The molecule has 6 N–H and O–H groups in total. The maximum atomic E-state index is 9.51. The topological polar surface area (TPSA) is 102 Å². The minimum Gasteiger partial charge on any atom is -0.432 e. The summed E-state index contributed by atoms with van der Waals surface area (Å²) >= 11 is 0. The zero-order valence-corrected chi connectivity index (χ0v) is 18.4. The highest BCUT2D eigenvalue weighted by atomic mass is 28.4. The number of nitrogens with two attached hydrogens (primary N) is 2. The van der Waals surface area contributed by atoms with Gasteiger partial charge in [-0.1, -0.05) is 27.7 Å². The Labute approximate surface area is 141 Å². The lowest BCUT2D eigenvalue weighted by molar-refractivity contribution is 0.248. The van der Waals surface area contributed by atoms with Crippen LogP contribution in [0, 0.1) is 0 Å². The van der Waals surface area contributed by atoms with Gasteiger partial charge in [-0.15, -0.1) is 0 Å². The molecule has 0 aliphatic rings. The van der Waals surface area contributed by atoms with E-state index in [1.807, 2.05) is 47.7 Å². The van der Waals surface area contributed by atoms with Gasteiger partial charge in [0.25, 0.3) is 0 Å².